The molecule has 9 aromatic rings. The molecule has 1 heterocycles. The minimum absolute atomic E-state index is 0.114. The van der Waals surface area contributed by atoms with Gasteiger partial charge in [0.05, 0.1) is 0 Å². The highest BCUT2D eigenvalue weighted by molar-refractivity contribution is 6.06. The first-order chi connectivity index (χ1) is 29.7. The van der Waals surface area contributed by atoms with Crippen molar-refractivity contribution in [2.45, 2.75) is 43.9 Å². The SMILES string of the molecule is CC1(C)c2cc(-c3cc(F)c(F)c(F)c3)ccc2-c2ccc(-c3ccc4c(c3)oc3cc(C(Cc5cccc6ccccc56)c5ccc(C6C=CC=CC6)cc5)ccc34)cc21. The zero-order valence-electron chi connectivity index (χ0n) is 33.9. The second-order valence-corrected chi connectivity index (χ2v) is 17.2. The van der Waals surface area contributed by atoms with E-state index in [1.807, 2.05) is 18.2 Å². The van der Waals surface area contributed by atoms with Gasteiger partial charge in [-0.05, 0) is 133 Å². The van der Waals surface area contributed by atoms with E-state index >= 15 is 0 Å². The summed E-state index contributed by atoms with van der Waals surface area (Å²) in [5.74, 6) is -3.34. The second-order valence-electron chi connectivity index (χ2n) is 17.2. The highest BCUT2D eigenvalue weighted by Gasteiger charge is 2.36. The molecular weight excluding hydrogens is 758 g/mol. The smallest absolute Gasteiger partial charge is 0.194 e. The summed E-state index contributed by atoms with van der Waals surface area (Å²) < 4.78 is 48.9. The second kappa shape index (κ2) is 14.4. The lowest BCUT2D eigenvalue weighted by molar-refractivity contribution is 0.447. The molecule has 0 bridgehead atoms. The van der Waals surface area contributed by atoms with Gasteiger partial charge in [0.15, 0.2) is 17.5 Å². The van der Waals surface area contributed by atoms with E-state index in [9.17, 15) is 13.2 Å². The normalized spacial score (nSPS) is 15.7. The third-order valence-electron chi connectivity index (χ3n) is 13.3. The van der Waals surface area contributed by atoms with Gasteiger partial charge in [0, 0.05) is 28.0 Å². The largest absolute Gasteiger partial charge is 0.456 e. The summed E-state index contributed by atoms with van der Waals surface area (Å²) in [6, 6.07) is 52.2. The highest BCUT2D eigenvalue weighted by Crippen LogP contribution is 2.51. The van der Waals surface area contributed by atoms with Crippen LogP contribution in [-0.2, 0) is 11.8 Å². The lowest BCUT2D eigenvalue weighted by atomic mass is 9.81. The van der Waals surface area contributed by atoms with Crippen LogP contribution >= 0.6 is 0 Å². The van der Waals surface area contributed by atoms with Gasteiger partial charge in [-0.25, -0.2) is 13.2 Å². The molecule has 1 aromatic heterocycles. The van der Waals surface area contributed by atoms with Crippen LogP contribution in [0.3, 0.4) is 0 Å². The molecule has 0 amide bonds. The molecule has 0 radical (unpaired) electrons. The minimum Gasteiger partial charge on any atom is -0.456 e. The maximum atomic E-state index is 14.2. The molecule has 2 aliphatic carbocycles. The summed E-state index contributed by atoms with van der Waals surface area (Å²) in [4.78, 5) is 0. The number of fused-ring (bicyclic) bond motifs is 7. The summed E-state index contributed by atoms with van der Waals surface area (Å²) in [5, 5.41) is 4.69. The van der Waals surface area contributed by atoms with Crippen molar-refractivity contribution in [3.63, 3.8) is 0 Å². The van der Waals surface area contributed by atoms with Crippen LogP contribution < -0.4 is 0 Å². The van der Waals surface area contributed by atoms with Gasteiger partial charge in [0.25, 0.3) is 0 Å². The van der Waals surface area contributed by atoms with E-state index in [1.165, 1.54) is 38.6 Å². The molecular formula is C57H41F3O. The third-order valence-corrected chi connectivity index (χ3v) is 13.3. The summed E-state index contributed by atoms with van der Waals surface area (Å²) in [5.41, 5.74) is 14.0. The Bertz CT molecular complexity index is 3240. The first-order valence-corrected chi connectivity index (χ1v) is 21.0. The molecule has 0 fully saturated rings. The molecule has 2 unspecified atom stereocenters. The maximum Gasteiger partial charge on any atom is 0.194 e. The molecule has 11 rings (SSSR count). The Morgan fingerprint density at radius 2 is 1.20 bits per heavy atom. The molecule has 0 N–H and O–H groups in total. The summed E-state index contributed by atoms with van der Waals surface area (Å²) in [6.45, 7) is 4.34. The summed E-state index contributed by atoms with van der Waals surface area (Å²) in [7, 11) is 0. The van der Waals surface area contributed by atoms with Gasteiger partial charge in [0.1, 0.15) is 11.2 Å². The Kier molecular flexibility index (Phi) is 8.75. The highest BCUT2D eigenvalue weighted by atomic mass is 19.2. The van der Waals surface area contributed by atoms with E-state index in [2.05, 4.69) is 159 Å². The molecule has 1 nitrogen and oxygen atoms in total. The van der Waals surface area contributed by atoms with Crippen LogP contribution in [0.2, 0.25) is 0 Å². The Labute approximate surface area is 353 Å². The molecule has 8 aromatic carbocycles. The minimum atomic E-state index is -1.46. The van der Waals surface area contributed by atoms with Crippen molar-refractivity contribution in [1.82, 2.24) is 0 Å². The summed E-state index contributed by atoms with van der Waals surface area (Å²) >= 11 is 0. The van der Waals surface area contributed by atoms with E-state index in [-0.39, 0.29) is 11.3 Å². The number of allylic oxidation sites excluding steroid dienone is 4. The van der Waals surface area contributed by atoms with Crippen LogP contribution in [0.1, 0.15) is 65.5 Å². The van der Waals surface area contributed by atoms with Gasteiger partial charge in [0.2, 0.25) is 0 Å². The Balaban J connectivity index is 0.938. The fraction of sp³-hybridized carbons (Fsp3) is 0.123. The predicted molar refractivity (Wildman–Crippen MR) is 244 cm³/mol. The van der Waals surface area contributed by atoms with E-state index in [0.29, 0.717) is 17.0 Å². The lowest BCUT2D eigenvalue weighted by Gasteiger charge is -2.22. The van der Waals surface area contributed by atoms with Crippen molar-refractivity contribution in [2.24, 2.45) is 0 Å². The number of halogens is 3. The Morgan fingerprint density at radius 1 is 0.574 bits per heavy atom. The molecule has 0 aliphatic heterocycles. The van der Waals surface area contributed by atoms with E-state index in [4.69, 9.17) is 4.42 Å². The quantitative estimate of drug-likeness (QED) is 0.146. The molecule has 61 heavy (non-hydrogen) atoms. The van der Waals surface area contributed by atoms with E-state index < -0.39 is 17.5 Å². The van der Waals surface area contributed by atoms with Gasteiger partial charge < -0.3 is 4.42 Å². The molecule has 2 atom stereocenters. The monoisotopic (exact) mass is 798 g/mol. The van der Waals surface area contributed by atoms with Crippen molar-refractivity contribution >= 4 is 32.7 Å². The molecule has 2 aliphatic rings. The predicted octanol–water partition coefficient (Wildman–Crippen LogP) is 15.8. The third kappa shape index (κ3) is 6.32. The number of rotatable bonds is 7. The van der Waals surface area contributed by atoms with Crippen molar-refractivity contribution in [2.75, 3.05) is 0 Å². The van der Waals surface area contributed by atoms with Crippen molar-refractivity contribution in [1.29, 1.82) is 0 Å². The van der Waals surface area contributed by atoms with Gasteiger partial charge in [-0.2, -0.15) is 0 Å². The molecule has 4 heteroatoms. The fourth-order valence-electron chi connectivity index (χ4n) is 9.93. The Hall–Kier alpha value is -6.91. The maximum absolute atomic E-state index is 14.2. The van der Waals surface area contributed by atoms with Crippen LogP contribution in [0.4, 0.5) is 13.2 Å². The van der Waals surface area contributed by atoms with Gasteiger partial charge in [-0.1, -0.05) is 147 Å². The van der Waals surface area contributed by atoms with Crippen LogP contribution in [0, 0.1) is 17.5 Å². The van der Waals surface area contributed by atoms with Gasteiger partial charge in [-0.3, -0.25) is 0 Å². The zero-order valence-corrected chi connectivity index (χ0v) is 33.9. The lowest BCUT2D eigenvalue weighted by Crippen LogP contribution is -2.15. The average Bonchev–Trinajstić information content (AvgIpc) is 3.77. The van der Waals surface area contributed by atoms with Crippen LogP contribution in [0.25, 0.3) is 66.1 Å². The van der Waals surface area contributed by atoms with Crippen LogP contribution in [-0.4, -0.2) is 0 Å². The number of hydrogen-bond acceptors (Lipinski definition) is 1. The fourth-order valence-corrected chi connectivity index (χ4v) is 9.93. The van der Waals surface area contributed by atoms with Gasteiger partial charge >= 0.3 is 0 Å². The standard InChI is InChI=1S/C57H41F3O/c1-57(2)50-28-38(19-23-45(50)46-24-20-39(29-51(46)57)43-30-52(58)56(60)53(59)31-43)40-21-25-47-48-26-22-42(33-55(48)61-54(47)32-40)49(27-41-13-8-12-36-11-6-7-14-44(36)41)37-17-15-35(16-18-37)34-9-4-3-5-10-34/h3-9,11-26,28-34,49H,10,27H2,1-2H3. The van der Waals surface area contributed by atoms with Crippen LogP contribution in [0.15, 0.2) is 180 Å². The number of hydrogen-bond donors (Lipinski definition) is 0. The molecule has 0 saturated heterocycles. The van der Waals surface area contributed by atoms with Gasteiger partial charge in [-0.15, -0.1) is 0 Å². The first kappa shape index (κ1) is 37.1. The molecule has 296 valence electrons. The molecule has 0 saturated carbocycles. The number of benzene rings is 8. The zero-order chi connectivity index (χ0) is 41.4. The van der Waals surface area contributed by atoms with Crippen molar-refractivity contribution in [3.8, 4) is 33.4 Å². The number of furan rings is 1. The van der Waals surface area contributed by atoms with Crippen LogP contribution in [0.5, 0.6) is 0 Å². The van der Waals surface area contributed by atoms with Crippen molar-refractivity contribution < 1.29 is 17.6 Å². The Morgan fingerprint density at radius 3 is 1.92 bits per heavy atom. The summed E-state index contributed by atoms with van der Waals surface area (Å²) in [6.07, 6.45) is 10.7. The van der Waals surface area contributed by atoms with E-state index in [0.717, 1.165) is 74.7 Å². The van der Waals surface area contributed by atoms with E-state index in [1.54, 1.807) is 0 Å². The first-order valence-electron chi connectivity index (χ1n) is 21.0. The topological polar surface area (TPSA) is 13.1 Å². The molecule has 0 spiro atoms. The van der Waals surface area contributed by atoms with Crippen molar-refractivity contribution in [3.05, 3.63) is 227 Å². The average molecular weight is 799 g/mol.